The van der Waals surface area contributed by atoms with Crippen LogP contribution in [-0.4, -0.2) is 25.6 Å². The molecule has 0 aliphatic carbocycles. The first-order chi connectivity index (χ1) is 13.6. The minimum atomic E-state index is -0.291. The van der Waals surface area contributed by atoms with Crippen LogP contribution >= 0.6 is 11.3 Å². The van der Waals surface area contributed by atoms with Crippen LogP contribution in [0.25, 0.3) is 15.9 Å². The standard InChI is InChI=1S/C20H20N4O3S/c1-2-17-23-24-18(25)10-14(22-20(24)28-17)12-27-19(26)9-5-6-13-11-21-16-8-4-3-7-15(13)16/h3-4,7-8,10-11,21H,2,5-6,9,12H2,1H3. The van der Waals surface area contributed by atoms with Crippen molar-refractivity contribution >= 4 is 33.2 Å². The number of rotatable bonds is 7. The summed E-state index contributed by atoms with van der Waals surface area (Å²) in [7, 11) is 0. The summed E-state index contributed by atoms with van der Waals surface area (Å²) < 4.78 is 6.59. The Morgan fingerprint density at radius 1 is 1.32 bits per heavy atom. The van der Waals surface area contributed by atoms with E-state index in [0.29, 0.717) is 23.5 Å². The molecule has 0 spiro atoms. The molecule has 0 saturated heterocycles. The number of para-hydroxylation sites is 1. The number of carbonyl (C=O) groups is 1. The minimum absolute atomic E-state index is 0.00296. The molecule has 28 heavy (non-hydrogen) atoms. The number of H-pyrrole nitrogens is 1. The lowest BCUT2D eigenvalue weighted by Crippen LogP contribution is -2.16. The molecular weight excluding hydrogens is 376 g/mol. The van der Waals surface area contributed by atoms with Crippen LogP contribution in [0.3, 0.4) is 0 Å². The van der Waals surface area contributed by atoms with Gasteiger partial charge < -0.3 is 9.72 Å². The van der Waals surface area contributed by atoms with Crippen molar-refractivity contribution in [2.45, 2.75) is 39.2 Å². The summed E-state index contributed by atoms with van der Waals surface area (Å²) in [6.45, 7) is 1.97. The molecule has 144 valence electrons. The van der Waals surface area contributed by atoms with Gasteiger partial charge in [0, 0.05) is 29.6 Å². The number of carbonyl (C=O) groups excluding carboxylic acids is 1. The molecule has 4 rings (SSSR count). The Labute approximate surface area is 165 Å². The quantitative estimate of drug-likeness (QED) is 0.484. The second-order valence-electron chi connectivity index (χ2n) is 6.50. The number of aryl methyl sites for hydroxylation is 2. The van der Waals surface area contributed by atoms with E-state index < -0.39 is 0 Å². The molecule has 3 aromatic heterocycles. The van der Waals surface area contributed by atoms with Crippen molar-refractivity contribution in [3.05, 3.63) is 63.1 Å². The lowest BCUT2D eigenvalue weighted by atomic mass is 10.1. The number of hydrogen-bond donors (Lipinski definition) is 1. The van der Waals surface area contributed by atoms with E-state index in [1.807, 2.05) is 31.3 Å². The van der Waals surface area contributed by atoms with E-state index in [9.17, 15) is 9.59 Å². The normalized spacial score (nSPS) is 11.3. The smallest absolute Gasteiger partial charge is 0.306 e. The van der Waals surface area contributed by atoms with E-state index in [0.717, 1.165) is 23.4 Å². The Balaban J connectivity index is 1.32. The van der Waals surface area contributed by atoms with E-state index in [1.165, 1.54) is 32.9 Å². The molecule has 0 unspecified atom stereocenters. The van der Waals surface area contributed by atoms with Gasteiger partial charge in [0.2, 0.25) is 4.96 Å². The predicted octanol–water partition coefficient (Wildman–Crippen LogP) is 3.26. The third kappa shape index (κ3) is 3.82. The zero-order valence-electron chi connectivity index (χ0n) is 15.5. The van der Waals surface area contributed by atoms with Gasteiger partial charge in [-0.1, -0.05) is 36.5 Å². The number of ether oxygens (including phenoxy) is 1. The van der Waals surface area contributed by atoms with Crippen LogP contribution < -0.4 is 5.56 Å². The topological polar surface area (TPSA) is 89.4 Å². The fourth-order valence-electron chi connectivity index (χ4n) is 3.10. The van der Waals surface area contributed by atoms with Crippen LogP contribution in [0.5, 0.6) is 0 Å². The SMILES string of the molecule is CCc1nn2c(=O)cc(COC(=O)CCCc3c[nH]c4ccccc34)nc2s1. The Bertz CT molecular complexity index is 1190. The van der Waals surface area contributed by atoms with Crippen LogP contribution in [0.4, 0.5) is 0 Å². The highest BCUT2D eigenvalue weighted by molar-refractivity contribution is 7.16. The highest BCUT2D eigenvalue weighted by Crippen LogP contribution is 2.19. The zero-order valence-corrected chi connectivity index (χ0v) is 16.3. The number of esters is 1. The Kier molecular flexibility index (Phi) is 5.21. The highest BCUT2D eigenvalue weighted by Gasteiger charge is 2.11. The van der Waals surface area contributed by atoms with Crippen LogP contribution in [0.2, 0.25) is 0 Å². The van der Waals surface area contributed by atoms with E-state index in [1.54, 1.807) is 0 Å². The minimum Gasteiger partial charge on any atom is -0.459 e. The fourth-order valence-corrected chi connectivity index (χ4v) is 3.96. The van der Waals surface area contributed by atoms with E-state index >= 15 is 0 Å². The van der Waals surface area contributed by atoms with Gasteiger partial charge in [-0.15, -0.1) is 0 Å². The number of hydrogen-bond acceptors (Lipinski definition) is 6. The van der Waals surface area contributed by atoms with Gasteiger partial charge in [-0.25, -0.2) is 4.98 Å². The second kappa shape index (κ2) is 7.93. The number of nitrogens with zero attached hydrogens (tertiary/aromatic N) is 3. The van der Waals surface area contributed by atoms with E-state index in [-0.39, 0.29) is 18.1 Å². The molecule has 0 aliphatic heterocycles. The summed E-state index contributed by atoms with van der Waals surface area (Å²) >= 11 is 1.37. The molecule has 1 N–H and O–H groups in total. The van der Waals surface area contributed by atoms with Gasteiger partial charge in [-0.2, -0.15) is 9.61 Å². The van der Waals surface area contributed by atoms with Crippen molar-refractivity contribution in [1.29, 1.82) is 0 Å². The number of aromatic amines is 1. The average molecular weight is 396 g/mol. The highest BCUT2D eigenvalue weighted by atomic mass is 32.1. The molecule has 3 heterocycles. The third-order valence-electron chi connectivity index (χ3n) is 4.53. The molecule has 0 atom stereocenters. The zero-order chi connectivity index (χ0) is 19.5. The summed E-state index contributed by atoms with van der Waals surface area (Å²) in [6, 6.07) is 9.47. The molecule has 0 aliphatic rings. The molecule has 7 nitrogen and oxygen atoms in total. The Hall–Kier alpha value is -3.00. The molecule has 0 saturated carbocycles. The summed E-state index contributed by atoms with van der Waals surface area (Å²) in [5.74, 6) is -0.291. The predicted molar refractivity (Wildman–Crippen MR) is 108 cm³/mol. The average Bonchev–Trinajstić information content (AvgIpc) is 3.31. The monoisotopic (exact) mass is 396 g/mol. The Morgan fingerprint density at radius 3 is 3.04 bits per heavy atom. The van der Waals surface area contributed by atoms with Gasteiger partial charge in [0.15, 0.2) is 0 Å². The van der Waals surface area contributed by atoms with Gasteiger partial charge in [0.25, 0.3) is 5.56 Å². The molecule has 8 heteroatoms. The van der Waals surface area contributed by atoms with Gasteiger partial charge in [0.1, 0.15) is 11.6 Å². The molecule has 0 bridgehead atoms. The van der Waals surface area contributed by atoms with Crippen LogP contribution in [-0.2, 0) is 29.0 Å². The van der Waals surface area contributed by atoms with Crippen LogP contribution in [0, 0.1) is 0 Å². The summed E-state index contributed by atoms with van der Waals surface area (Å²) in [4.78, 5) is 32.3. The molecule has 0 fully saturated rings. The molecule has 4 aromatic rings. The third-order valence-corrected chi connectivity index (χ3v) is 5.58. The number of benzene rings is 1. The second-order valence-corrected chi connectivity index (χ2v) is 7.54. The first kappa shape index (κ1) is 18.4. The van der Waals surface area contributed by atoms with Crippen LogP contribution in [0.15, 0.2) is 41.3 Å². The maximum absolute atomic E-state index is 12.1. The van der Waals surface area contributed by atoms with Crippen molar-refractivity contribution < 1.29 is 9.53 Å². The lowest BCUT2D eigenvalue weighted by molar-refractivity contribution is -0.145. The number of nitrogens with one attached hydrogen (secondary N) is 1. The first-order valence-electron chi connectivity index (χ1n) is 9.23. The maximum atomic E-state index is 12.1. The first-order valence-corrected chi connectivity index (χ1v) is 10.0. The molecular formula is C20H20N4O3S. The largest absolute Gasteiger partial charge is 0.459 e. The summed E-state index contributed by atoms with van der Waals surface area (Å²) in [5.41, 5.74) is 2.48. The molecule has 1 aromatic carbocycles. The van der Waals surface area contributed by atoms with E-state index in [2.05, 4.69) is 21.1 Å². The van der Waals surface area contributed by atoms with Gasteiger partial charge in [-0.05, 0) is 30.9 Å². The van der Waals surface area contributed by atoms with E-state index in [4.69, 9.17) is 4.74 Å². The van der Waals surface area contributed by atoms with Gasteiger partial charge in [-0.3, -0.25) is 9.59 Å². The van der Waals surface area contributed by atoms with Crippen molar-refractivity contribution in [2.24, 2.45) is 0 Å². The summed E-state index contributed by atoms with van der Waals surface area (Å²) in [5, 5.41) is 6.23. The summed E-state index contributed by atoms with van der Waals surface area (Å²) in [6.07, 6.45) is 4.55. The maximum Gasteiger partial charge on any atom is 0.306 e. The van der Waals surface area contributed by atoms with Crippen molar-refractivity contribution in [1.82, 2.24) is 19.6 Å². The lowest BCUT2D eigenvalue weighted by Gasteiger charge is -2.04. The van der Waals surface area contributed by atoms with Gasteiger partial charge >= 0.3 is 5.97 Å². The van der Waals surface area contributed by atoms with Crippen molar-refractivity contribution in [2.75, 3.05) is 0 Å². The molecule has 0 radical (unpaired) electrons. The van der Waals surface area contributed by atoms with Gasteiger partial charge in [0.05, 0.1) is 5.69 Å². The van der Waals surface area contributed by atoms with Crippen LogP contribution in [0.1, 0.15) is 36.0 Å². The van der Waals surface area contributed by atoms with Crippen molar-refractivity contribution in [3.8, 4) is 0 Å². The van der Waals surface area contributed by atoms with Crippen molar-refractivity contribution in [3.63, 3.8) is 0 Å². The Morgan fingerprint density at radius 2 is 2.18 bits per heavy atom. The molecule has 0 amide bonds. The number of fused-ring (bicyclic) bond motifs is 2. The fraction of sp³-hybridized carbons (Fsp3) is 0.300. The number of aromatic nitrogens is 4.